The molecule has 0 unspecified atom stereocenters. The topological polar surface area (TPSA) is 33.1 Å². The predicted octanol–water partition coefficient (Wildman–Crippen LogP) is 5.16. The van der Waals surface area contributed by atoms with E-state index in [9.17, 15) is 0 Å². The number of hydrogen-bond acceptors (Lipinski definition) is 5. The molecular weight excluding hydrogens is 360 g/mol. The second-order valence-electron chi connectivity index (χ2n) is 5.42. The molecule has 0 fully saturated rings. The number of aromatic nitrogens is 2. The van der Waals surface area contributed by atoms with Gasteiger partial charge in [0.15, 0.2) is 3.95 Å². The van der Waals surface area contributed by atoms with Crippen LogP contribution in [0.5, 0.6) is 0 Å². The molecule has 2 aromatic carbocycles. The average molecular weight is 377 g/mol. The zero-order valence-corrected chi connectivity index (χ0v) is 15.5. The largest absolute Gasteiger partial charge is 0.329 e. The fraction of sp³-hybridized carbons (Fsp3) is 0.176. The van der Waals surface area contributed by atoms with Crippen LogP contribution in [0.2, 0.25) is 5.02 Å². The van der Waals surface area contributed by atoms with E-state index in [1.54, 1.807) is 0 Å². The second-order valence-corrected chi connectivity index (χ2v) is 7.45. The summed E-state index contributed by atoms with van der Waals surface area (Å²) in [5, 5.41) is 9.17. The van der Waals surface area contributed by atoms with E-state index >= 15 is 0 Å². The van der Waals surface area contributed by atoms with Gasteiger partial charge >= 0.3 is 0 Å². The van der Waals surface area contributed by atoms with Crippen molar-refractivity contribution in [1.82, 2.24) is 14.7 Å². The molecule has 3 rings (SSSR count). The monoisotopic (exact) mass is 376 g/mol. The van der Waals surface area contributed by atoms with Gasteiger partial charge in [-0.15, -0.1) is 5.10 Å². The molecule has 1 aromatic heterocycles. The Labute approximate surface area is 155 Å². The number of nitrogens with zero attached hydrogens (tertiary/aromatic N) is 3. The maximum absolute atomic E-state index is 6.17. The number of rotatable bonds is 6. The van der Waals surface area contributed by atoms with Crippen molar-refractivity contribution >= 4 is 46.0 Å². The Bertz CT molecular complexity index is 860. The van der Waals surface area contributed by atoms with Crippen LogP contribution in [0.25, 0.3) is 0 Å². The number of anilines is 2. The lowest BCUT2D eigenvalue weighted by molar-refractivity contribution is 0.245. The summed E-state index contributed by atoms with van der Waals surface area (Å²) in [6, 6.07) is 17.9. The molecule has 0 aliphatic rings. The summed E-state index contributed by atoms with van der Waals surface area (Å²) >= 11 is 13.0. The maximum Gasteiger partial charge on any atom is 0.209 e. The summed E-state index contributed by atoms with van der Waals surface area (Å²) in [4.78, 5) is 2.17. The van der Waals surface area contributed by atoms with E-state index < -0.39 is 0 Å². The van der Waals surface area contributed by atoms with E-state index in [4.69, 9.17) is 23.8 Å². The first-order chi connectivity index (χ1) is 11.6. The maximum atomic E-state index is 6.17. The number of nitrogens with one attached hydrogen (secondary N) is 1. The highest BCUT2D eigenvalue weighted by Crippen LogP contribution is 2.26. The van der Waals surface area contributed by atoms with Gasteiger partial charge in [0.1, 0.15) is 0 Å². The highest BCUT2D eigenvalue weighted by atomic mass is 35.5. The van der Waals surface area contributed by atoms with Gasteiger partial charge < -0.3 is 5.32 Å². The molecule has 0 spiro atoms. The van der Waals surface area contributed by atoms with Crippen LogP contribution in [0, 0.1) is 3.95 Å². The van der Waals surface area contributed by atoms with Crippen LogP contribution in [0.1, 0.15) is 5.56 Å². The van der Waals surface area contributed by atoms with E-state index in [0.29, 0.717) is 11.7 Å². The molecule has 0 saturated heterocycles. The van der Waals surface area contributed by atoms with E-state index in [-0.39, 0.29) is 0 Å². The minimum Gasteiger partial charge on any atom is -0.329 e. The van der Waals surface area contributed by atoms with Gasteiger partial charge in [-0.25, -0.2) is 4.68 Å². The summed E-state index contributed by atoms with van der Waals surface area (Å²) in [7, 11) is 2.05. The lowest BCUT2D eigenvalue weighted by atomic mass is 10.2. The molecule has 124 valence electrons. The Morgan fingerprint density at radius 1 is 1.17 bits per heavy atom. The number of hydrogen-bond donors (Lipinski definition) is 1. The fourth-order valence-electron chi connectivity index (χ4n) is 2.30. The van der Waals surface area contributed by atoms with Crippen molar-refractivity contribution in [3.05, 3.63) is 69.1 Å². The third kappa shape index (κ3) is 4.42. The third-order valence-corrected chi connectivity index (χ3v) is 4.95. The Balaban J connectivity index is 1.68. The van der Waals surface area contributed by atoms with E-state index in [1.807, 2.05) is 47.1 Å². The Morgan fingerprint density at radius 3 is 2.62 bits per heavy atom. The highest BCUT2D eigenvalue weighted by molar-refractivity contribution is 7.73. The van der Waals surface area contributed by atoms with Gasteiger partial charge in [0.05, 0.1) is 17.4 Å². The van der Waals surface area contributed by atoms with Crippen LogP contribution in [0.15, 0.2) is 54.6 Å². The molecule has 4 nitrogen and oxygen atoms in total. The van der Waals surface area contributed by atoms with Crippen molar-refractivity contribution in [2.75, 3.05) is 12.4 Å². The smallest absolute Gasteiger partial charge is 0.209 e. The minimum absolute atomic E-state index is 0.633. The molecule has 0 radical (unpaired) electrons. The molecule has 0 aliphatic carbocycles. The van der Waals surface area contributed by atoms with Crippen molar-refractivity contribution in [2.24, 2.45) is 0 Å². The molecular formula is C17H17ClN4S2. The van der Waals surface area contributed by atoms with Crippen LogP contribution in [0.3, 0.4) is 0 Å². The van der Waals surface area contributed by atoms with Gasteiger partial charge in [0.25, 0.3) is 0 Å². The lowest BCUT2D eigenvalue weighted by Crippen LogP contribution is -2.22. The average Bonchev–Trinajstić information content (AvgIpc) is 2.90. The first kappa shape index (κ1) is 17.1. The molecule has 0 bridgehead atoms. The van der Waals surface area contributed by atoms with Crippen LogP contribution in [-0.4, -0.2) is 21.7 Å². The minimum atomic E-state index is 0.633. The first-order valence-corrected chi connectivity index (χ1v) is 9.04. The van der Waals surface area contributed by atoms with Crippen molar-refractivity contribution in [2.45, 2.75) is 13.2 Å². The fourth-order valence-corrected chi connectivity index (χ4v) is 3.49. The Kier molecular flexibility index (Phi) is 5.63. The van der Waals surface area contributed by atoms with Crippen LogP contribution >= 0.6 is 35.2 Å². The summed E-state index contributed by atoms with van der Waals surface area (Å²) in [6.07, 6.45) is 0. The van der Waals surface area contributed by atoms with Gasteiger partial charge in [-0.05, 0) is 37.0 Å². The molecule has 1 N–H and O–H groups in total. The standard InChI is InChI=1S/C17H17ClN4S2/c1-21(11-13-7-3-2-4-8-13)12-22-17(23)24-16(20-22)19-15-10-6-5-9-14(15)18/h2-10H,11-12H2,1H3,(H,19,20). The summed E-state index contributed by atoms with van der Waals surface area (Å²) in [5.41, 5.74) is 2.09. The molecule has 7 heteroatoms. The molecule has 0 amide bonds. The predicted molar refractivity (Wildman–Crippen MR) is 104 cm³/mol. The normalized spacial score (nSPS) is 11.0. The lowest BCUT2D eigenvalue weighted by Gasteiger charge is -2.16. The summed E-state index contributed by atoms with van der Waals surface area (Å²) < 4.78 is 2.55. The van der Waals surface area contributed by atoms with E-state index in [1.165, 1.54) is 16.9 Å². The zero-order chi connectivity index (χ0) is 16.9. The summed E-state index contributed by atoms with van der Waals surface area (Å²) in [6.45, 7) is 1.47. The molecule has 24 heavy (non-hydrogen) atoms. The quantitative estimate of drug-likeness (QED) is 0.602. The van der Waals surface area contributed by atoms with Gasteiger partial charge in [-0.2, -0.15) is 0 Å². The SMILES string of the molecule is CN(Cc1ccccc1)Cn1nc(Nc2ccccc2Cl)sc1=S. The van der Waals surface area contributed by atoms with Gasteiger partial charge in [0.2, 0.25) is 5.13 Å². The first-order valence-electron chi connectivity index (χ1n) is 7.44. The zero-order valence-electron chi connectivity index (χ0n) is 13.1. The number of halogens is 1. The van der Waals surface area contributed by atoms with Gasteiger partial charge in [-0.3, -0.25) is 4.90 Å². The van der Waals surface area contributed by atoms with E-state index in [2.05, 4.69) is 34.5 Å². The number of benzene rings is 2. The third-order valence-electron chi connectivity index (χ3n) is 3.39. The molecule has 0 atom stereocenters. The van der Waals surface area contributed by atoms with Crippen molar-refractivity contribution in [3.8, 4) is 0 Å². The second kappa shape index (κ2) is 7.90. The van der Waals surface area contributed by atoms with Gasteiger partial charge in [-0.1, -0.05) is 65.4 Å². The Morgan fingerprint density at radius 2 is 1.88 bits per heavy atom. The van der Waals surface area contributed by atoms with E-state index in [0.717, 1.165) is 21.3 Å². The molecule has 1 heterocycles. The van der Waals surface area contributed by atoms with Crippen LogP contribution in [-0.2, 0) is 13.2 Å². The van der Waals surface area contributed by atoms with Crippen molar-refractivity contribution in [3.63, 3.8) is 0 Å². The van der Waals surface area contributed by atoms with Crippen molar-refractivity contribution < 1.29 is 0 Å². The summed E-state index contributed by atoms with van der Waals surface area (Å²) in [5.74, 6) is 0. The molecule has 0 aliphatic heterocycles. The van der Waals surface area contributed by atoms with Gasteiger partial charge in [0, 0.05) is 6.54 Å². The van der Waals surface area contributed by atoms with Crippen molar-refractivity contribution in [1.29, 1.82) is 0 Å². The number of para-hydroxylation sites is 1. The highest BCUT2D eigenvalue weighted by Gasteiger charge is 2.08. The van der Waals surface area contributed by atoms with Crippen LogP contribution < -0.4 is 5.32 Å². The molecule has 3 aromatic rings. The van der Waals surface area contributed by atoms with Crippen LogP contribution in [0.4, 0.5) is 10.8 Å². The molecule has 0 saturated carbocycles. The Hall–Kier alpha value is -1.73.